The smallest absolute Gasteiger partial charge is 0.0788 e. The summed E-state index contributed by atoms with van der Waals surface area (Å²) < 4.78 is 5.77. The molecule has 88 valence electrons. The van der Waals surface area contributed by atoms with Gasteiger partial charge in [0.15, 0.2) is 0 Å². The van der Waals surface area contributed by atoms with Gasteiger partial charge >= 0.3 is 0 Å². The van der Waals surface area contributed by atoms with E-state index >= 15 is 0 Å². The van der Waals surface area contributed by atoms with Crippen molar-refractivity contribution in [2.24, 2.45) is 0 Å². The predicted molar refractivity (Wildman–Crippen MR) is 64.7 cm³/mol. The first-order valence-corrected chi connectivity index (χ1v) is 5.94. The van der Waals surface area contributed by atoms with Crippen molar-refractivity contribution in [3.63, 3.8) is 0 Å². The molecule has 1 atom stereocenters. The molecule has 0 radical (unpaired) electrons. The zero-order valence-electron chi connectivity index (χ0n) is 9.48. The molecular weight excluding hydrogens is 202 g/mol. The molecule has 2 N–H and O–H groups in total. The van der Waals surface area contributed by atoms with E-state index in [-0.39, 0.29) is 12.7 Å². The van der Waals surface area contributed by atoms with Gasteiger partial charge in [0.2, 0.25) is 0 Å². The van der Waals surface area contributed by atoms with Crippen LogP contribution in [0, 0.1) is 0 Å². The summed E-state index contributed by atoms with van der Waals surface area (Å²) in [6, 6.07) is 8.37. The summed E-state index contributed by atoms with van der Waals surface area (Å²) >= 11 is 0. The number of hydrogen-bond acceptors (Lipinski definition) is 3. The van der Waals surface area contributed by atoms with Gasteiger partial charge in [-0.15, -0.1) is 0 Å². The highest BCUT2D eigenvalue weighted by Crippen LogP contribution is 2.22. The van der Waals surface area contributed by atoms with E-state index in [0.717, 1.165) is 32.4 Å². The third-order valence-electron chi connectivity index (χ3n) is 2.89. The lowest BCUT2D eigenvalue weighted by atomic mass is 10.0. The van der Waals surface area contributed by atoms with Crippen LogP contribution in [0.15, 0.2) is 24.3 Å². The lowest BCUT2D eigenvalue weighted by molar-refractivity contribution is 0.0555. The van der Waals surface area contributed by atoms with Crippen LogP contribution in [0.4, 0.5) is 5.69 Å². The average Bonchev–Trinajstić information content (AvgIpc) is 2.34. The van der Waals surface area contributed by atoms with Crippen molar-refractivity contribution in [1.82, 2.24) is 0 Å². The molecule has 16 heavy (non-hydrogen) atoms. The quantitative estimate of drug-likeness (QED) is 0.745. The first-order valence-electron chi connectivity index (χ1n) is 5.94. The van der Waals surface area contributed by atoms with E-state index in [4.69, 9.17) is 9.84 Å². The summed E-state index contributed by atoms with van der Waals surface area (Å²) in [5.41, 5.74) is 2.57. The van der Waals surface area contributed by atoms with Crippen LogP contribution in [0.25, 0.3) is 0 Å². The molecule has 0 aromatic heterocycles. The van der Waals surface area contributed by atoms with Crippen LogP contribution in [0.2, 0.25) is 0 Å². The molecule has 3 nitrogen and oxygen atoms in total. The number of ether oxygens (including phenoxy) is 1. The Labute approximate surface area is 96.4 Å². The Morgan fingerprint density at radius 3 is 3.06 bits per heavy atom. The number of fused-ring (bicyclic) bond motifs is 1. The summed E-state index contributed by atoms with van der Waals surface area (Å²) in [5, 5.41) is 12.0. The summed E-state index contributed by atoms with van der Waals surface area (Å²) in [6.07, 6.45) is 3.03. The van der Waals surface area contributed by atoms with E-state index in [1.807, 2.05) is 6.07 Å². The largest absolute Gasteiger partial charge is 0.396 e. The zero-order valence-corrected chi connectivity index (χ0v) is 9.48. The van der Waals surface area contributed by atoms with Gasteiger partial charge in [0.25, 0.3) is 0 Å². The minimum absolute atomic E-state index is 0.259. The number of rotatable bonds is 5. The SMILES string of the molecule is OCCCCOC1CNc2ccccc2C1. The predicted octanol–water partition coefficient (Wildman–Crippen LogP) is 1.81. The first kappa shape index (κ1) is 11.4. The van der Waals surface area contributed by atoms with Gasteiger partial charge < -0.3 is 15.2 Å². The highest BCUT2D eigenvalue weighted by molar-refractivity contribution is 5.53. The van der Waals surface area contributed by atoms with Gasteiger partial charge in [-0.1, -0.05) is 18.2 Å². The molecule has 0 saturated carbocycles. The summed E-state index contributed by atoms with van der Waals surface area (Å²) in [4.78, 5) is 0. The van der Waals surface area contributed by atoms with E-state index in [0.29, 0.717) is 0 Å². The lowest BCUT2D eigenvalue weighted by Gasteiger charge is -2.26. The second kappa shape index (κ2) is 5.87. The monoisotopic (exact) mass is 221 g/mol. The van der Waals surface area contributed by atoms with Gasteiger partial charge in [0.1, 0.15) is 0 Å². The van der Waals surface area contributed by atoms with Crippen molar-refractivity contribution >= 4 is 5.69 Å². The fraction of sp³-hybridized carbons (Fsp3) is 0.538. The third-order valence-corrected chi connectivity index (χ3v) is 2.89. The van der Waals surface area contributed by atoms with Crippen molar-refractivity contribution in [1.29, 1.82) is 0 Å². The number of anilines is 1. The Morgan fingerprint density at radius 2 is 2.19 bits per heavy atom. The van der Waals surface area contributed by atoms with Gasteiger partial charge in [-0.25, -0.2) is 0 Å². The number of benzene rings is 1. The van der Waals surface area contributed by atoms with E-state index in [9.17, 15) is 0 Å². The van der Waals surface area contributed by atoms with Crippen LogP contribution in [-0.2, 0) is 11.2 Å². The molecule has 1 heterocycles. The average molecular weight is 221 g/mol. The molecular formula is C13H19NO2. The van der Waals surface area contributed by atoms with Crippen LogP contribution in [0.3, 0.4) is 0 Å². The molecule has 0 saturated heterocycles. The molecule has 1 aromatic rings. The van der Waals surface area contributed by atoms with Crippen molar-refractivity contribution in [2.75, 3.05) is 25.1 Å². The number of aliphatic hydroxyl groups is 1. The number of hydrogen-bond donors (Lipinski definition) is 2. The molecule has 1 unspecified atom stereocenters. The molecule has 2 rings (SSSR count). The van der Waals surface area contributed by atoms with E-state index in [1.54, 1.807) is 0 Å². The van der Waals surface area contributed by atoms with Crippen LogP contribution in [0.1, 0.15) is 18.4 Å². The zero-order chi connectivity index (χ0) is 11.2. The van der Waals surface area contributed by atoms with E-state index < -0.39 is 0 Å². The number of unbranched alkanes of at least 4 members (excludes halogenated alkanes) is 1. The van der Waals surface area contributed by atoms with E-state index in [1.165, 1.54) is 11.3 Å². The van der Waals surface area contributed by atoms with Crippen molar-refractivity contribution in [3.8, 4) is 0 Å². The highest BCUT2D eigenvalue weighted by Gasteiger charge is 2.17. The standard InChI is InChI=1S/C13H19NO2/c15-7-3-4-8-16-12-9-11-5-1-2-6-13(11)14-10-12/h1-2,5-6,12,14-15H,3-4,7-10H2. The minimum Gasteiger partial charge on any atom is -0.396 e. The Morgan fingerprint density at radius 1 is 1.31 bits per heavy atom. The lowest BCUT2D eigenvalue weighted by Crippen LogP contribution is -2.30. The molecule has 1 aromatic carbocycles. The Bertz CT molecular complexity index is 327. The summed E-state index contributed by atoms with van der Waals surface area (Å²) in [6.45, 7) is 1.89. The fourth-order valence-corrected chi connectivity index (χ4v) is 1.99. The molecule has 0 amide bonds. The van der Waals surface area contributed by atoms with Crippen LogP contribution >= 0.6 is 0 Å². The number of para-hydroxylation sites is 1. The maximum atomic E-state index is 8.67. The molecule has 0 aliphatic carbocycles. The molecule has 1 aliphatic rings. The molecule has 1 aliphatic heterocycles. The Balaban J connectivity index is 1.79. The van der Waals surface area contributed by atoms with Crippen molar-refractivity contribution < 1.29 is 9.84 Å². The molecule has 3 heteroatoms. The van der Waals surface area contributed by atoms with Crippen molar-refractivity contribution in [2.45, 2.75) is 25.4 Å². The molecule has 0 spiro atoms. The van der Waals surface area contributed by atoms with Gasteiger partial charge in [0, 0.05) is 31.9 Å². The molecule has 0 bridgehead atoms. The maximum absolute atomic E-state index is 8.67. The maximum Gasteiger partial charge on any atom is 0.0788 e. The van der Waals surface area contributed by atoms with Crippen molar-refractivity contribution in [3.05, 3.63) is 29.8 Å². The van der Waals surface area contributed by atoms with E-state index in [2.05, 4.69) is 23.5 Å². The minimum atomic E-state index is 0.259. The summed E-state index contributed by atoms with van der Waals surface area (Å²) in [5.74, 6) is 0. The second-order valence-corrected chi connectivity index (χ2v) is 4.17. The normalized spacial score (nSPS) is 18.9. The van der Waals surface area contributed by atoms with Gasteiger partial charge in [0.05, 0.1) is 6.10 Å². The Kier molecular flexibility index (Phi) is 4.19. The number of nitrogens with one attached hydrogen (secondary N) is 1. The van der Waals surface area contributed by atoms with Gasteiger partial charge in [-0.05, 0) is 24.5 Å². The summed E-state index contributed by atoms with van der Waals surface area (Å²) in [7, 11) is 0. The fourth-order valence-electron chi connectivity index (χ4n) is 1.99. The second-order valence-electron chi connectivity index (χ2n) is 4.17. The number of aliphatic hydroxyl groups excluding tert-OH is 1. The first-order chi connectivity index (χ1) is 7.90. The highest BCUT2D eigenvalue weighted by atomic mass is 16.5. The van der Waals surface area contributed by atoms with Gasteiger partial charge in [-0.2, -0.15) is 0 Å². The Hall–Kier alpha value is -1.06. The van der Waals surface area contributed by atoms with Crippen LogP contribution in [0.5, 0.6) is 0 Å². The topological polar surface area (TPSA) is 41.5 Å². The van der Waals surface area contributed by atoms with Crippen LogP contribution in [-0.4, -0.2) is 31.0 Å². The third kappa shape index (κ3) is 2.97. The molecule has 0 fully saturated rings. The van der Waals surface area contributed by atoms with Gasteiger partial charge in [-0.3, -0.25) is 0 Å². The van der Waals surface area contributed by atoms with Crippen LogP contribution < -0.4 is 5.32 Å².